The van der Waals surface area contributed by atoms with Gasteiger partial charge in [0.05, 0.1) is 12.2 Å². The molecule has 5 nitrogen and oxygen atoms in total. The van der Waals surface area contributed by atoms with Crippen molar-refractivity contribution in [2.24, 2.45) is 7.05 Å². The van der Waals surface area contributed by atoms with Gasteiger partial charge in [0.25, 0.3) is 0 Å². The lowest BCUT2D eigenvalue weighted by Gasteiger charge is -2.26. The number of ether oxygens (including phenoxy) is 1. The van der Waals surface area contributed by atoms with Crippen LogP contribution in [-0.2, 0) is 7.05 Å². The summed E-state index contributed by atoms with van der Waals surface area (Å²) in [4.78, 5) is 4.78. The highest BCUT2D eigenvalue weighted by Gasteiger charge is 2.28. The number of nitrogens with zero attached hydrogens (tertiary/aromatic N) is 3. The summed E-state index contributed by atoms with van der Waals surface area (Å²) < 4.78 is 7.97. The summed E-state index contributed by atoms with van der Waals surface area (Å²) in [5.41, 5.74) is 1.05. The molecule has 0 saturated heterocycles. The molecule has 4 rings (SSSR count). The number of hydrogen-bond acceptors (Lipinski definition) is 4. The average molecular weight is 284 g/mol. The average Bonchev–Trinajstić information content (AvgIpc) is 3.16. The van der Waals surface area contributed by atoms with Crippen LogP contribution >= 0.6 is 0 Å². The van der Waals surface area contributed by atoms with Crippen LogP contribution in [-0.4, -0.2) is 21.3 Å². The van der Waals surface area contributed by atoms with Crippen LogP contribution in [0.4, 0.5) is 5.69 Å². The molecule has 110 valence electrons. The number of rotatable bonds is 2. The van der Waals surface area contributed by atoms with Crippen molar-refractivity contribution < 1.29 is 4.74 Å². The molecule has 1 aromatic carbocycles. The Labute approximate surface area is 124 Å². The van der Waals surface area contributed by atoms with E-state index in [9.17, 15) is 0 Å². The number of aryl methyl sites for hydroxylation is 1. The van der Waals surface area contributed by atoms with Gasteiger partial charge in [-0.3, -0.25) is 0 Å². The quantitative estimate of drug-likeness (QED) is 0.921. The number of hydrogen-bond donors (Lipinski definition) is 1. The molecule has 1 aliphatic carbocycles. The van der Waals surface area contributed by atoms with E-state index in [0.29, 0.717) is 5.92 Å². The Morgan fingerprint density at radius 1 is 1.24 bits per heavy atom. The predicted octanol–water partition coefficient (Wildman–Crippen LogP) is 3.02. The zero-order valence-corrected chi connectivity index (χ0v) is 12.2. The molecule has 2 heterocycles. The van der Waals surface area contributed by atoms with Crippen LogP contribution in [0.15, 0.2) is 24.3 Å². The van der Waals surface area contributed by atoms with E-state index in [1.165, 1.54) is 25.7 Å². The maximum absolute atomic E-state index is 6.09. The number of fused-ring (bicyclic) bond motifs is 1. The van der Waals surface area contributed by atoms with Gasteiger partial charge in [0.15, 0.2) is 17.8 Å². The molecule has 21 heavy (non-hydrogen) atoms. The molecule has 2 aromatic rings. The normalized spacial score (nSPS) is 21.7. The summed E-state index contributed by atoms with van der Waals surface area (Å²) in [6.07, 6.45) is 4.96. The Bertz CT molecular complexity index is 645. The van der Waals surface area contributed by atoms with E-state index < -0.39 is 0 Å². The molecule has 0 bridgehead atoms. The van der Waals surface area contributed by atoms with Gasteiger partial charge in [-0.15, -0.1) is 0 Å². The molecule has 5 heteroatoms. The van der Waals surface area contributed by atoms with Gasteiger partial charge in [-0.05, 0) is 25.0 Å². The Kier molecular flexibility index (Phi) is 3.05. The third-order valence-electron chi connectivity index (χ3n) is 4.46. The smallest absolute Gasteiger partial charge is 0.175 e. The van der Waals surface area contributed by atoms with Gasteiger partial charge < -0.3 is 10.1 Å². The minimum atomic E-state index is -0.0763. The second kappa shape index (κ2) is 5.06. The lowest BCUT2D eigenvalue weighted by Crippen LogP contribution is -2.26. The van der Waals surface area contributed by atoms with Crippen molar-refractivity contribution in [1.29, 1.82) is 0 Å². The standard InChI is InChI=1S/C16H20N4O/c1-20-16(18-15(19-20)11-6-2-3-7-11)14-10-17-12-8-4-5-9-13(12)21-14/h4-5,8-9,11,14,17H,2-3,6-7,10H2,1H3. The van der Waals surface area contributed by atoms with Crippen molar-refractivity contribution >= 4 is 5.69 Å². The fourth-order valence-corrected chi connectivity index (χ4v) is 3.31. The van der Waals surface area contributed by atoms with Crippen molar-refractivity contribution in [3.8, 4) is 5.75 Å². The maximum Gasteiger partial charge on any atom is 0.175 e. The SMILES string of the molecule is Cn1nc(C2CCCC2)nc1C1CNc2ccccc2O1. The lowest BCUT2D eigenvalue weighted by atomic mass is 10.1. The summed E-state index contributed by atoms with van der Waals surface area (Å²) >= 11 is 0. The van der Waals surface area contributed by atoms with Crippen LogP contribution in [0.3, 0.4) is 0 Å². The van der Waals surface area contributed by atoms with Crippen molar-refractivity contribution in [3.05, 3.63) is 35.9 Å². The number of para-hydroxylation sites is 2. The molecule has 0 spiro atoms. The molecule has 1 fully saturated rings. The van der Waals surface area contributed by atoms with E-state index in [4.69, 9.17) is 9.72 Å². The van der Waals surface area contributed by atoms with Gasteiger partial charge in [0, 0.05) is 13.0 Å². The molecule has 1 unspecified atom stereocenters. The van der Waals surface area contributed by atoms with Gasteiger partial charge in [0.2, 0.25) is 0 Å². The van der Waals surface area contributed by atoms with E-state index in [1.807, 2.05) is 36.0 Å². The second-order valence-electron chi connectivity index (χ2n) is 5.92. The second-order valence-corrected chi connectivity index (χ2v) is 5.92. The van der Waals surface area contributed by atoms with Crippen molar-refractivity contribution in [2.45, 2.75) is 37.7 Å². The third kappa shape index (κ3) is 2.26. The van der Waals surface area contributed by atoms with Crippen LogP contribution in [0.1, 0.15) is 49.4 Å². The molecule has 1 aliphatic heterocycles. The summed E-state index contributed by atoms with van der Waals surface area (Å²) in [6, 6.07) is 8.02. The first-order valence-electron chi connectivity index (χ1n) is 7.71. The first-order chi connectivity index (χ1) is 10.3. The van der Waals surface area contributed by atoms with E-state index in [1.54, 1.807) is 0 Å². The predicted molar refractivity (Wildman–Crippen MR) is 80.5 cm³/mol. The Balaban J connectivity index is 1.59. The Hall–Kier alpha value is -2.04. The van der Waals surface area contributed by atoms with E-state index in [2.05, 4.69) is 10.4 Å². The molecule has 1 N–H and O–H groups in total. The van der Waals surface area contributed by atoms with E-state index in [0.717, 1.165) is 29.6 Å². The van der Waals surface area contributed by atoms with Gasteiger partial charge in [-0.25, -0.2) is 9.67 Å². The highest BCUT2D eigenvalue weighted by atomic mass is 16.5. The third-order valence-corrected chi connectivity index (χ3v) is 4.46. The fraction of sp³-hybridized carbons (Fsp3) is 0.500. The highest BCUT2D eigenvalue weighted by Crippen LogP contribution is 2.35. The van der Waals surface area contributed by atoms with Gasteiger partial charge in [0.1, 0.15) is 5.75 Å². The monoisotopic (exact) mass is 284 g/mol. The van der Waals surface area contributed by atoms with E-state index in [-0.39, 0.29) is 6.10 Å². The Morgan fingerprint density at radius 3 is 2.90 bits per heavy atom. The summed E-state index contributed by atoms with van der Waals surface area (Å²) in [7, 11) is 1.96. The maximum atomic E-state index is 6.09. The van der Waals surface area contributed by atoms with Crippen LogP contribution in [0.5, 0.6) is 5.75 Å². The van der Waals surface area contributed by atoms with Crippen molar-refractivity contribution in [3.63, 3.8) is 0 Å². The molecule has 2 aliphatic rings. The number of aromatic nitrogens is 3. The number of benzene rings is 1. The zero-order valence-electron chi connectivity index (χ0n) is 12.2. The zero-order chi connectivity index (χ0) is 14.2. The van der Waals surface area contributed by atoms with Crippen molar-refractivity contribution in [2.75, 3.05) is 11.9 Å². The molecular weight excluding hydrogens is 264 g/mol. The lowest BCUT2D eigenvalue weighted by molar-refractivity contribution is 0.195. The van der Waals surface area contributed by atoms with Crippen molar-refractivity contribution in [1.82, 2.24) is 14.8 Å². The van der Waals surface area contributed by atoms with Crippen LogP contribution < -0.4 is 10.1 Å². The summed E-state index contributed by atoms with van der Waals surface area (Å²) in [5.74, 6) is 3.33. The number of anilines is 1. The van der Waals surface area contributed by atoms with Crippen LogP contribution in [0.25, 0.3) is 0 Å². The molecule has 0 radical (unpaired) electrons. The van der Waals surface area contributed by atoms with Crippen LogP contribution in [0.2, 0.25) is 0 Å². The summed E-state index contributed by atoms with van der Waals surface area (Å²) in [6.45, 7) is 0.730. The molecule has 1 atom stereocenters. The highest BCUT2D eigenvalue weighted by molar-refractivity contribution is 5.57. The first kappa shape index (κ1) is 12.7. The minimum absolute atomic E-state index is 0.0763. The fourth-order valence-electron chi connectivity index (χ4n) is 3.31. The largest absolute Gasteiger partial charge is 0.478 e. The molecule has 0 amide bonds. The first-order valence-corrected chi connectivity index (χ1v) is 7.71. The van der Waals surface area contributed by atoms with Gasteiger partial charge in [-0.1, -0.05) is 25.0 Å². The Morgan fingerprint density at radius 2 is 2.05 bits per heavy atom. The number of nitrogens with one attached hydrogen (secondary N) is 1. The molecule has 1 aromatic heterocycles. The van der Waals surface area contributed by atoms with Gasteiger partial charge in [-0.2, -0.15) is 5.10 Å². The summed E-state index contributed by atoms with van der Waals surface area (Å²) in [5, 5.41) is 8.03. The van der Waals surface area contributed by atoms with Gasteiger partial charge >= 0.3 is 0 Å². The van der Waals surface area contributed by atoms with E-state index >= 15 is 0 Å². The minimum Gasteiger partial charge on any atom is -0.478 e. The molecule has 1 saturated carbocycles. The molecular formula is C16H20N4O. The van der Waals surface area contributed by atoms with Crippen LogP contribution in [0, 0.1) is 0 Å². The topological polar surface area (TPSA) is 52.0 Å².